The molecule has 1 aromatic heterocycles. The number of morpholine rings is 1. The topological polar surface area (TPSA) is 92.6 Å². The van der Waals surface area contributed by atoms with Crippen LogP contribution in [0.3, 0.4) is 0 Å². The molecule has 1 fully saturated rings. The summed E-state index contributed by atoms with van der Waals surface area (Å²) in [5.41, 5.74) is 1.98. The summed E-state index contributed by atoms with van der Waals surface area (Å²) < 4.78 is 5.32. The number of nitrogens with zero attached hydrogens (tertiary/aromatic N) is 3. The van der Waals surface area contributed by atoms with Gasteiger partial charge in [-0.05, 0) is 24.6 Å². The first-order chi connectivity index (χ1) is 12.6. The van der Waals surface area contributed by atoms with Gasteiger partial charge in [0.05, 0.1) is 18.1 Å². The highest BCUT2D eigenvalue weighted by molar-refractivity contribution is 5.65. The van der Waals surface area contributed by atoms with E-state index in [-0.39, 0.29) is 11.5 Å². The van der Waals surface area contributed by atoms with Crippen molar-refractivity contribution in [2.24, 2.45) is 0 Å². The van der Waals surface area contributed by atoms with E-state index in [1.807, 2.05) is 31.2 Å². The molecule has 26 heavy (non-hydrogen) atoms. The van der Waals surface area contributed by atoms with Crippen LogP contribution >= 0.6 is 0 Å². The zero-order chi connectivity index (χ0) is 18.4. The lowest BCUT2D eigenvalue weighted by molar-refractivity contribution is -0.384. The Bertz CT molecular complexity index is 762. The zero-order valence-corrected chi connectivity index (χ0v) is 14.8. The van der Waals surface area contributed by atoms with Crippen LogP contribution in [0.1, 0.15) is 5.56 Å². The van der Waals surface area contributed by atoms with E-state index in [2.05, 4.69) is 20.5 Å². The lowest BCUT2D eigenvalue weighted by Crippen LogP contribution is -2.39. The number of aromatic nitrogens is 1. The van der Waals surface area contributed by atoms with E-state index >= 15 is 0 Å². The fourth-order valence-electron chi connectivity index (χ4n) is 2.81. The first-order valence-electron chi connectivity index (χ1n) is 8.65. The Morgan fingerprint density at radius 2 is 2.00 bits per heavy atom. The Hall–Kier alpha value is -2.71. The molecular formula is C18H23N5O3. The third-order valence-electron chi connectivity index (χ3n) is 4.30. The number of aryl methyl sites for hydroxylation is 1. The summed E-state index contributed by atoms with van der Waals surface area (Å²) in [7, 11) is 0. The minimum Gasteiger partial charge on any atom is -0.379 e. The number of rotatable bonds is 7. The second kappa shape index (κ2) is 8.59. The van der Waals surface area contributed by atoms with Crippen LogP contribution in [0.15, 0.2) is 36.4 Å². The molecule has 2 heterocycles. The molecule has 1 aromatic carbocycles. The number of para-hydroxylation sites is 1. The monoisotopic (exact) mass is 357 g/mol. The molecule has 0 aliphatic carbocycles. The molecule has 138 valence electrons. The number of benzene rings is 1. The van der Waals surface area contributed by atoms with Crippen LogP contribution in [-0.4, -0.2) is 54.2 Å². The van der Waals surface area contributed by atoms with Gasteiger partial charge in [-0.2, -0.15) is 0 Å². The third-order valence-corrected chi connectivity index (χ3v) is 4.30. The molecule has 8 nitrogen and oxygen atoms in total. The predicted octanol–water partition coefficient (Wildman–Crippen LogP) is 2.79. The molecule has 2 N–H and O–H groups in total. The smallest absolute Gasteiger partial charge is 0.311 e. The maximum absolute atomic E-state index is 11.3. The van der Waals surface area contributed by atoms with E-state index in [0.29, 0.717) is 12.4 Å². The third kappa shape index (κ3) is 4.68. The molecule has 1 aliphatic heterocycles. The fourth-order valence-corrected chi connectivity index (χ4v) is 2.81. The molecule has 0 saturated carbocycles. The van der Waals surface area contributed by atoms with Gasteiger partial charge in [-0.3, -0.25) is 15.0 Å². The summed E-state index contributed by atoms with van der Waals surface area (Å²) >= 11 is 0. The van der Waals surface area contributed by atoms with Gasteiger partial charge in [-0.25, -0.2) is 4.98 Å². The van der Waals surface area contributed by atoms with Crippen LogP contribution < -0.4 is 10.6 Å². The summed E-state index contributed by atoms with van der Waals surface area (Å²) in [6.07, 6.45) is 0. The molecule has 0 unspecified atom stereocenters. The van der Waals surface area contributed by atoms with E-state index < -0.39 is 4.92 Å². The molecule has 8 heteroatoms. The maximum Gasteiger partial charge on any atom is 0.311 e. The standard InChI is InChI=1S/C18H23N5O3/c1-14-4-2-3-5-15(14)20-17-7-6-16(23(24)25)18(21-17)19-8-9-22-10-12-26-13-11-22/h2-7H,8-13H2,1H3,(H2,19,20,21). The summed E-state index contributed by atoms with van der Waals surface area (Å²) in [4.78, 5) is 17.5. The van der Waals surface area contributed by atoms with E-state index in [4.69, 9.17) is 4.74 Å². The second-order valence-corrected chi connectivity index (χ2v) is 6.14. The van der Waals surface area contributed by atoms with Gasteiger partial charge in [0.2, 0.25) is 5.82 Å². The lowest BCUT2D eigenvalue weighted by Gasteiger charge is -2.26. The van der Waals surface area contributed by atoms with E-state index in [1.54, 1.807) is 6.07 Å². The number of pyridine rings is 1. The number of hydrogen-bond donors (Lipinski definition) is 2. The Labute approximate surface area is 152 Å². The zero-order valence-electron chi connectivity index (χ0n) is 14.8. The summed E-state index contributed by atoms with van der Waals surface area (Å²) in [6, 6.07) is 10.9. The molecular weight excluding hydrogens is 334 g/mol. The average Bonchev–Trinajstić information content (AvgIpc) is 2.64. The van der Waals surface area contributed by atoms with Crippen LogP contribution in [0.25, 0.3) is 0 Å². The van der Waals surface area contributed by atoms with E-state index in [1.165, 1.54) is 6.07 Å². The number of ether oxygens (including phenoxy) is 1. The van der Waals surface area contributed by atoms with Crippen LogP contribution in [-0.2, 0) is 4.74 Å². The summed E-state index contributed by atoms with van der Waals surface area (Å²) in [6.45, 7) is 6.59. The molecule has 1 saturated heterocycles. The minimum atomic E-state index is -0.415. The Morgan fingerprint density at radius 1 is 1.23 bits per heavy atom. The molecule has 0 bridgehead atoms. The van der Waals surface area contributed by atoms with Crippen molar-refractivity contribution in [3.8, 4) is 0 Å². The van der Waals surface area contributed by atoms with Crippen molar-refractivity contribution in [1.29, 1.82) is 0 Å². The number of nitrogens with one attached hydrogen (secondary N) is 2. The van der Waals surface area contributed by atoms with Crippen molar-refractivity contribution in [3.05, 3.63) is 52.1 Å². The first-order valence-corrected chi connectivity index (χ1v) is 8.65. The Balaban J connectivity index is 1.69. The summed E-state index contributed by atoms with van der Waals surface area (Å²) in [5.74, 6) is 0.848. The highest BCUT2D eigenvalue weighted by Gasteiger charge is 2.17. The molecule has 0 amide bonds. The van der Waals surface area contributed by atoms with Crippen molar-refractivity contribution in [2.45, 2.75) is 6.92 Å². The van der Waals surface area contributed by atoms with Gasteiger partial charge >= 0.3 is 5.69 Å². The van der Waals surface area contributed by atoms with Crippen molar-refractivity contribution >= 4 is 23.0 Å². The van der Waals surface area contributed by atoms with Crippen molar-refractivity contribution in [1.82, 2.24) is 9.88 Å². The number of anilines is 3. The van der Waals surface area contributed by atoms with Gasteiger partial charge in [0.15, 0.2) is 0 Å². The van der Waals surface area contributed by atoms with Gasteiger partial charge < -0.3 is 15.4 Å². The Morgan fingerprint density at radius 3 is 2.73 bits per heavy atom. The predicted molar refractivity (Wildman–Crippen MR) is 101 cm³/mol. The van der Waals surface area contributed by atoms with Crippen LogP contribution in [0.4, 0.5) is 23.0 Å². The van der Waals surface area contributed by atoms with Crippen LogP contribution in [0.5, 0.6) is 0 Å². The normalized spacial score (nSPS) is 14.8. The van der Waals surface area contributed by atoms with Gasteiger partial charge in [-0.1, -0.05) is 18.2 Å². The minimum absolute atomic E-state index is 0.0256. The second-order valence-electron chi connectivity index (χ2n) is 6.14. The Kier molecular flexibility index (Phi) is 5.98. The summed E-state index contributed by atoms with van der Waals surface area (Å²) in [5, 5.41) is 17.6. The van der Waals surface area contributed by atoms with Gasteiger partial charge in [0, 0.05) is 37.9 Å². The van der Waals surface area contributed by atoms with Gasteiger partial charge in [0.25, 0.3) is 0 Å². The van der Waals surface area contributed by atoms with E-state index in [0.717, 1.165) is 44.1 Å². The molecule has 0 spiro atoms. The number of nitro groups is 1. The van der Waals surface area contributed by atoms with Crippen LogP contribution in [0, 0.1) is 17.0 Å². The van der Waals surface area contributed by atoms with Crippen LogP contribution in [0.2, 0.25) is 0 Å². The molecule has 1 aliphatic rings. The number of hydrogen-bond acceptors (Lipinski definition) is 7. The van der Waals surface area contributed by atoms with Crippen molar-refractivity contribution < 1.29 is 9.66 Å². The van der Waals surface area contributed by atoms with Crippen molar-refractivity contribution in [3.63, 3.8) is 0 Å². The molecule has 0 atom stereocenters. The first kappa shape index (κ1) is 18.1. The van der Waals surface area contributed by atoms with Gasteiger partial charge in [-0.15, -0.1) is 0 Å². The average molecular weight is 357 g/mol. The highest BCUT2D eigenvalue weighted by Crippen LogP contribution is 2.26. The SMILES string of the molecule is Cc1ccccc1Nc1ccc([N+](=O)[O-])c(NCCN2CCOCC2)n1. The van der Waals surface area contributed by atoms with Gasteiger partial charge in [0.1, 0.15) is 5.82 Å². The largest absolute Gasteiger partial charge is 0.379 e. The molecule has 0 radical (unpaired) electrons. The highest BCUT2D eigenvalue weighted by atomic mass is 16.6. The van der Waals surface area contributed by atoms with Crippen molar-refractivity contribution in [2.75, 3.05) is 50.0 Å². The van der Waals surface area contributed by atoms with E-state index in [9.17, 15) is 10.1 Å². The quantitative estimate of drug-likeness (QED) is 0.581. The fraction of sp³-hybridized carbons (Fsp3) is 0.389. The molecule has 3 rings (SSSR count). The lowest BCUT2D eigenvalue weighted by atomic mass is 10.2. The maximum atomic E-state index is 11.3. The molecule has 2 aromatic rings.